The first kappa shape index (κ1) is 19.2. The molecule has 0 radical (unpaired) electrons. The van der Waals surface area contributed by atoms with E-state index < -0.39 is 0 Å². The third-order valence-electron chi connectivity index (χ3n) is 5.58. The van der Waals surface area contributed by atoms with E-state index in [1.54, 1.807) is 11.8 Å². The van der Waals surface area contributed by atoms with Crippen molar-refractivity contribution in [1.82, 2.24) is 19.7 Å². The fraction of sp³-hybridized carbons (Fsp3) is 0.348. The molecule has 0 saturated carbocycles. The summed E-state index contributed by atoms with van der Waals surface area (Å²) in [5.41, 5.74) is 1.74. The Bertz CT molecular complexity index is 972. The van der Waals surface area contributed by atoms with Crippen LogP contribution in [0.25, 0.3) is 17.1 Å². The number of amides is 1. The summed E-state index contributed by atoms with van der Waals surface area (Å²) in [6.45, 7) is 4.21. The summed E-state index contributed by atoms with van der Waals surface area (Å²) >= 11 is 0. The summed E-state index contributed by atoms with van der Waals surface area (Å²) in [6.07, 6.45) is 3.18. The fourth-order valence-electron chi connectivity index (χ4n) is 4.02. The molecule has 29 heavy (non-hydrogen) atoms. The zero-order valence-electron chi connectivity index (χ0n) is 17.1. The lowest BCUT2D eigenvalue weighted by Gasteiger charge is -2.38. The van der Waals surface area contributed by atoms with E-state index in [1.807, 2.05) is 59.5 Å². The number of carbonyl (C=O) groups excluding carboxylic acids is 1. The van der Waals surface area contributed by atoms with Crippen LogP contribution < -0.4 is 4.74 Å². The molecule has 1 amide bonds. The number of likely N-dealkylation sites (tertiary alicyclic amines) is 1. The number of nitrogens with zero attached hydrogens (tertiary/aromatic N) is 4. The van der Waals surface area contributed by atoms with Crippen LogP contribution in [0.2, 0.25) is 0 Å². The van der Waals surface area contributed by atoms with Crippen LogP contribution in [0.3, 0.4) is 0 Å². The summed E-state index contributed by atoms with van der Waals surface area (Å²) in [7, 11) is 1.64. The van der Waals surface area contributed by atoms with Gasteiger partial charge in [0.15, 0.2) is 5.82 Å². The fourth-order valence-corrected chi connectivity index (χ4v) is 4.02. The van der Waals surface area contributed by atoms with E-state index in [0.29, 0.717) is 5.82 Å². The average molecular weight is 390 g/mol. The summed E-state index contributed by atoms with van der Waals surface area (Å²) in [5.74, 6) is 1.55. The Labute approximate surface area is 171 Å². The van der Waals surface area contributed by atoms with Crippen LogP contribution in [0.5, 0.6) is 5.75 Å². The van der Waals surface area contributed by atoms with Gasteiger partial charge in [0.05, 0.1) is 12.8 Å². The van der Waals surface area contributed by atoms with E-state index in [9.17, 15) is 4.79 Å². The number of hydrogen-bond donors (Lipinski definition) is 0. The number of aromatic nitrogens is 3. The summed E-state index contributed by atoms with van der Waals surface area (Å²) in [4.78, 5) is 19.9. The largest absolute Gasteiger partial charge is 0.497 e. The third kappa shape index (κ3) is 3.75. The number of rotatable bonds is 4. The number of hydrogen-bond acceptors (Lipinski definition) is 4. The zero-order valence-corrected chi connectivity index (χ0v) is 17.1. The van der Waals surface area contributed by atoms with Gasteiger partial charge in [-0.25, -0.2) is 9.67 Å². The topological polar surface area (TPSA) is 60.3 Å². The van der Waals surface area contributed by atoms with Crippen LogP contribution in [-0.4, -0.2) is 44.8 Å². The Morgan fingerprint density at radius 1 is 1.00 bits per heavy atom. The van der Waals surface area contributed by atoms with Crippen molar-refractivity contribution in [2.24, 2.45) is 0 Å². The highest BCUT2D eigenvalue weighted by Gasteiger charge is 2.32. The van der Waals surface area contributed by atoms with Crippen molar-refractivity contribution in [2.45, 2.75) is 45.2 Å². The first-order valence-electron chi connectivity index (χ1n) is 10.1. The van der Waals surface area contributed by atoms with Gasteiger partial charge >= 0.3 is 0 Å². The molecule has 3 aromatic rings. The molecule has 2 heterocycles. The van der Waals surface area contributed by atoms with Crippen molar-refractivity contribution >= 4 is 5.91 Å². The van der Waals surface area contributed by atoms with Crippen molar-refractivity contribution in [3.8, 4) is 22.8 Å². The Hall–Kier alpha value is -3.15. The van der Waals surface area contributed by atoms with Gasteiger partial charge < -0.3 is 9.64 Å². The molecule has 1 aliphatic heterocycles. The zero-order chi connectivity index (χ0) is 20.4. The van der Waals surface area contributed by atoms with E-state index in [2.05, 4.69) is 23.9 Å². The normalized spacial score (nSPS) is 19.2. The Morgan fingerprint density at radius 3 is 2.28 bits per heavy atom. The number of ether oxygens (including phenoxy) is 1. The smallest absolute Gasteiger partial charge is 0.294 e. The molecule has 0 N–H and O–H groups in total. The third-order valence-corrected chi connectivity index (χ3v) is 5.58. The number of benzene rings is 2. The quantitative estimate of drug-likeness (QED) is 0.665. The van der Waals surface area contributed by atoms with Crippen molar-refractivity contribution in [1.29, 1.82) is 0 Å². The van der Waals surface area contributed by atoms with Crippen LogP contribution in [0.4, 0.5) is 0 Å². The van der Waals surface area contributed by atoms with Crippen molar-refractivity contribution < 1.29 is 9.53 Å². The summed E-state index contributed by atoms with van der Waals surface area (Å²) in [5, 5.41) is 4.63. The maximum Gasteiger partial charge on any atom is 0.294 e. The molecule has 6 nitrogen and oxygen atoms in total. The minimum absolute atomic E-state index is 0.103. The number of piperidine rings is 1. The van der Waals surface area contributed by atoms with Gasteiger partial charge in [0.2, 0.25) is 5.82 Å². The molecule has 0 spiro atoms. The minimum atomic E-state index is -0.103. The van der Waals surface area contributed by atoms with E-state index in [1.165, 1.54) is 0 Å². The highest BCUT2D eigenvalue weighted by Crippen LogP contribution is 2.26. The molecule has 4 rings (SSSR count). The van der Waals surface area contributed by atoms with E-state index in [4.69, 9.17) is 4.74 Å². The lowest BCUT2D eigenvalue weighted by Crippen LogP contribution is -2.47. The van der Waals surface area contributed by atoms with Crippen molar-refractivity contribution in [3.05, 3.63) is 60.4 Å². The maximum atomic E-state index is 13.3. The Kier molecular flexibility index (Phi) is 5.34. The van der Waals surface area contributed by atoms with Crippen LogP contribution in [0, 0.1) is 0 Å². The maximum absolute atomic E-state index is 13.3. The molecular weight excluding hydrogens is 364 g/mol. The van der Waals surface area contributed by atoms with Gasteiger partial charge in [-0.3, -0.25) is 4.79 Å². The first-order chi connectivity index (χ1) is 14.1. The van der Waals surface area contributed by atoms with Crippen LogP contribution >= 0.6 is 0 Å². The van der Waals surface area contributed by atoms with Gasteiger partial charge in [-0.1, -0.05) is 30.3 Å². The summed E-state index contributed by atoms with van der Waals surface area (Å²) in [6, 6.07) is 17.8. The predicted octanol–water partition coefficient (Wildman–Crippen LogP) is 4.35. The molecule has 1 saturated heterocycles. The average Bonchev–Trinajstić information content (AvgIpc) is 3.20. The van der Waals surface area contributed by atoms with Crippen LogP contribution in [0.1, 0.15) is 43.7 Å². The predicted molar refractivity (Wildman–Crippen MR) is 112 cm³/mol. The van der Waals surface area contributed by atoms with Gasteiger partial charge in [-0.15, -0.1) is 5.10 Å². The van der Waals surface area contributed by atoms with E-state index >= 15 is 0 Å². The van der Waals surface area contributed by atoms with Crippen LogP contribution in [0.15, 0.2) is 54.6 Å². The first-order valence-corrected chi connectivity index (χ1v) is 10.1. The Morgan fingerprint density at radius 2 is 1.66 bits per heavy atom. The van der Waals surface area contributed by atoms with Gasteiger partial charge in [0.1, 0.15) is 5.75 Å². The lowest BCUT2D eigenvalue weighted by atomic mass is 9.97. The van der Waals surface area contributed by atoms with Crippen molar-refractivity contribution in [3.63, 3.8) is 0 Å². The second-order valence-electron chi connectivity index (χ2n) is 7.58. The van der Waals surface area contributed by atoms with Crippen molar-refractivity contribution in [2.75, 3.05) is 7.11 Å². The molecule has 2 aromatic carbocycles. The van der Waals surface area contributed by atoms with Crippen LogP contribution in [-0.2, 0) is 0 Å². The molecule has 1 aromatic heterocycles. The molecule has 2 unspecified atom stereocenters. The standard InChI is InChI=1S/C23H26N4O2/c1-16-8-7-9-17(2)26(16)23(28)21-24-22(18-10-5-4-6-11-18)27(25-21)19-12-14-20(29-3)15-13-19/h4-6,10-17H,7-9H2,1-3H3. The SMILES string of the molecule is COc1ccc(-n2nc(C(=O)N3C(C)CCCC3C)nc2-c2ccccc2)cc1. The van der Waals surface area contributed by atoms with Gasteiger partial charge in [-0.05, 0) is 57.4 Å². The molecule has 0 aliphatic carbocycles. The molecule has 1 aliphatic rings. The van der Waals surface area contributed by atoms with Gasteiger partial charge in [-0.2, -0.15) is 0 Å². The molecule has 6 heteroatoms. The highest BCUT2D eigenvalue weighted by molar-refractivity contribution is 5.91. The highest BCUT2D eigenvalue weighted by atomic mass is 16.5. The van der Waals surface area contributed by atoms with Gasteiger partial charge in [0.25, 0.3) is 5.91 Å². The Balaban J connectivity index is 1.78. The number of methoxy groups -OCH3 is 1. The minimum Gasteiger partial charge on any atom is -0.497 e. The van der Waals surface area contributed by atoms with E-state index in [0.717, 1.165) is 36.3 Å². The van der Waals surface area contributed by atoms with Gasteiger partial charge in [0, 0.05) is 17.6 Å². The molecule has 150 valence electrons. The monoisotopic (exact) mass is 390 g/mol. The molecule has 0 bridgehead atoms. The molecule has 2 atom stereocenters. The summed E-state index contributed by atoms with van der Waals surface area (Å²) < 4.78 is 7.00. The lowest BCUT2D eigenvalue weighted by molar-refractivity contribution is 0.0498. The molecule has 1 fully saturated rings. The second kappa shape index (κ2) is 8.07. The van der Waals surface area contributed by atoms with E-state index in [-0.39, 0.29) is 23.8 Å². The molecular formula is C23H26N4O2. The number of carbonyl (C=O) groups is 1. The second-order valence-corrected chi connectivity index (χ2v) is 7.58.